The van der Waals surface area contributed by atoms with Crippen LogP contribution in [0.25, 0.3) is 16.6 Å². The summed E-state index contributed by atoms with van der Waals surface area (Å²) in [7, 11) is -3.79. The number of fused-ring (bicyclic) bond motifs is 1. The monoisotopic (exact) mass is 397 g/mol. The highest BCUT2D eigenvalue weighted by Crippen LogP contribution is 2.32. The molecular formula is C19H19N5O3S. The maximum Gasteiger partial charge on any atom is 0.238 e. The fourth-order valence-electron chi connectivity index (χ4n) is 3.44. The Bertz CT molecular complexity index is 1230. The second-order valence-electron chi connectivity index (χ2n) is 6.46. The van der Waals surface area contributed by atoms with Gasteiger partial charge in [-0.25, -0.2) is 18.5 Å². The van der Waals surface area contributed by atoms with Gasteiger partial charge >= 0.3 is 0 Å². The number of hydrogen-bond donors (Lipinski definition) is 3. The third-order valence-corrected chi connectivity index (χ3v) is 5.70. The molecule has 0 bridgehead atoms. The maximum atomic E-state index is 11.4. The summed E-state index contributed by atoms with van der Waals surface area (Å²) in [6.07, 6.45) is 0. The number of nitrogens with one attached hydrogen (secondary N) is 1. The first kappa shape index (κ1) is 18.2. The van der Waals surface area contributed by atoms with Crippen LogP contribution >= 0.6 is 0 Å². The molecule has 0 saturated heterocycles. The maximum absolute atomic E-state index is 11.4. The number of nitrogens with zero attached hydrogens (tertiary/aromatic N) is 3. The summed E-state index contributed by atoms with van der Waals surface area (Å²) in [6.45, 7) is 2.73. The first-order valence-corrected chi connectivity index (χ1v) is 10.2. The van der Waals surface area contributed by atoms with Crippen LogP contribution in [-0.4, -0.2) is 35.5 Å². The summed E-state index contributed by atoms with van der Waals surface area (Å²) in [4.78, 5) is 6.21. The number of hydrogen-bond acceptors (Lipinski definition) is 5. The van der Waals surface area contributed by atoms with Gasteiger partial charge in [-0.15, -0.1) is 0 Å². The van der Waals surface area contributed by atoms with E-state index < -0.39 is 10.0 Å². The number of para-hydroxylation sites is 2. The lowest BCUT2D eigenvalue weighted by molar-refractivity contribution is 0.411. The minimum Gasteiger partial charge on any atom is -0.509 e. The molecule has 2 heterocycles. The number of nitrogens with two attached hydrogens (primary N) is 1. The standard InChI is InChI=1S/C19H19N5O3S/c1-2-23-15-6-4-3-5-14(15)22-19(23)17-16(25)11-24(18(17)20)12-7-9-13(10-8-12)28(21,26)27/h3-10,20,25H,2,11H2,1H3,(H2,21,26,27). The van der Waals surface area contributed by atoms with Crippen LogP contribution in [0.1, 0.15) is 12.7 Å². The highest BCUT2D eigenvalue weighted by atomic mass is 32.2. The van der Waals surface area contributed by atoms with Gasteiger partial charge in [-0.05, 0) is 43.3 Å². The van der Waals surface area contributed by atoms with Crippen molar-refractivity contribution in [2.75, 3.05) is 11.4 Å². The molecule has 0 aliphatic carbocycles. The Balaban J connectivity index is 1.74. The average molecular weight is 397 g/mol. The summed E-state index contributed by atoms with van der Waals surface area (Å²) in [5, 5.41) is 24.3. The largest absolute Gasteiger partial charge is 0.509 e. The van der Waals surface area contributed by atoms with Gasteiger partial charge in [-0.1, -0.05) is 12.1 Å². The van der Waals surface area contributed by atoms with Crippen molar-refractivity contribution in [3.8, 4) is 0 Å². The number of primary sulfonamides is 1. The fourth-order valence-corrected chi connectivity index (χ4v) is 3.95. The molecule has 9 heteroatoms. The zero-order valence-electron chi connectivity index (χ0n) is 15.1. The van der Waals surface area contributed by atoms with Crippen molar-refractivity contribution in [2.45, 2.75) is 18.4 Å². The number of rotatable bonds is 4. The third kappa shape index (κ3) is 2.85. The highest BCUT2D eigenvalue weighted by Gasteiger charge is 2.32. The van der Waals surface area contributed by atoms with Gasteiger partial charge in [0.05, 0.1) is 28.0 Å². The van der Waals surface area contributed by atoms with Crippen molar-refractivity contribution in [3.05, 3.63) is 60.1 Å². The molecule has 0 radical (unpaired) electrons. The normalized spacial score (nSPS) is 15.1. The number of aliphatic hydroxyl groups excluding tert-OH is 1. The number of aryl methyl sites for hydroxylation is 1. The zero-order chi connectivity index (χ0) is 20.1. The number of benzene rings is 2. The van der Waals surface area contributed by atoms with Crippen LogP contribution < -0.4 is 10.0 Å². The van der Waals surface area contributed by atoms with E-state index in [4.69, 9.17) is 10.5 Å². The van der Waals surface area contributed by atoms with Crippen LogP contribution in [0, 0.1) is 5.41 Å². The van der Waals surface area contributed by atoms with Gasteiger partial charge in [0.15, 0.2) is 0 Å². The van der Waals surface area contributed by atoms with Crippen molar-refractivity contribution >= 4 is 38.2 Å². The molecule has 0 amide bonds. The van der Waals surface area contributed by atoms with Gasteiger partial charge < -0.3 is 14.6 Å². The average Bonchev–Trinajstić information content (AvgIpc) is 3.17. The van der Waals surface area contributed by atoms with Gasteiger partial charge in [0.2, 0.25) is 10.0 Å². The van der Waals surface area contributed by atoms with Gasteiger partial charge in [-0.2, -0.15) is 0 Å². The van der Waals surface area contributed by atoms with E-state index in [1.807, 2.05) is 35.8 Å². The minimum atomic E-state index is -3.79. The Hall–Kier alpha value is -3.17. The van der Waals surface area contributed by atoms with Crippen molar-refractivity contribution in [1.29, 1.82) is 5.41 Å². The molecule has 8 nitrogen and oxygen atoms in total. The van der Waals surface area contributed by atoms with Crippen molar-refractivity contribution in [1.82, 2.24) is 9.55 Å². The molecule has 1 aliphatic rings. The second kappa shape index (κ2) is 6.47. The van der Waals surface area contributed by atoms with E-state index in [-0.39, 0.29) is 23.0 Å². The Morgan fingerprint density at radius 3 is 2.50 bits per heavy atom. The Morgan fingerprint density at radius 1 is 1.18 bits per heavy atom. The van der Waals surface area contributed by atoms with E-state index in [1.54, 1.807) is 17.0 Å². The number of sulfonamides is 1. The van der Waals surface area contributed by atoms with Gasteiger partial charge in [0.25, 0.3) is 0 Å². The number of aromatic nitrogens is 2. The minimum absolute atomic E-state index is 0.00726. The van der Waals surface area contributed by atoms with E-state index in [2.05, 4.69) is 4.98 Å². The highest BCUT2D eigenvalue weighted by molar-refractivity contribution is 7.89. The molecule has 144 valence electrons. The van der Waals surface area contributed by atoms with Crippen LogP contribution in [-0.2, 0) is 16.6 Å². The van der Waals surface area contributed by atoms with Crippen LogP contribution in [0.3, 0.4) is 0 Å². The third-order valence-electron chi connectivity index (χ3n) is 4.77. The molecule has 0 unspecified atom stereocenters. The predicted molar refractivity (Wildman–Crippen MR) is 108 cm³/mol. The molecule has 3 aromatic rings. The van der Waals surface area contributed by atoms with Gasteiger partial charge in [0.1, 0.15) is 17.4 Å². The van der Waals surface area contributed by atoms with Crippen LogP contribution in [0.5, 0.6) is 0 Å². The zero-order valence-corrected chi connectivity index (χ0v) is 15.9. The van der Waals surface area contributed by atoms with Crippen molar-refractivity contribution < 1.29 is 13.5 Å². The summed E-state index contributed by atoms with van der Waals surface area (Å²) in [5.74, 6) is 0.686. The molecular weight excluding hydrogens is 378 g/mol. The topological polar surface area (TPSA) is 125 Å². The Labute approximate surface area is 162 Å². The summed E-state index contributed by atoms with van der Waals surface area (Å²) in [6, 6.07) is 13.6. The SMILES string of the molecule is CCn1c(C2=C(O)CN(c3ccc(S(N)(=O)=O)cc3)C2=N)nc2ccccc21. The van der Waals surface area contributed by atoms with Crippen LogP contribution in [0.4, 0.5) is 5.69 Å². The van der Waals surface area contributed by atoms with E-state index in [0.29, 0.717) is 23.6 Å². The summed E-state index contributed by atoms with van der Waals surface area (Å²) in [5.41, 5.74) is 2.68. The van der Waals surface area contributed by atoms with E-state index in [0.717, 1.165) is 11.0 Å². The lowest BCUT2D eigenvalue weighted by Gasteiger charge is -2.19. The lowest BCUT2D eigenvalue weighted by atomic mass is 10.2. The first-order chi connectivity index (χ1) is 13.3. The molecule has 1 aromatic heterocycles. The van der Waals surface area contributed by atoms with E-state index in [9.17, 15) is 13.5 Å². The molecule has 0 atom stereocenters. The molecule has 0 fully saturated rings. The van der Waals surface area contributed by atoms with E-state index in [1.165, 1.54) is 12.1 Å². The predicted octanol–water partition coefficient (Wildman–Crippen LogP) is 2.47. The van der Waals surface area contributed by atoms with Crippen LogP contribution in [0.2, 0.25) is 0 Å². The number of aliphatic hydroxyl groups is 1. The molecule has 0 saturated carbocycles. The first-order valence-electron chi connectivity index (χ1n) is 8.68. The summed E-state index contributed by atoms with van der Waals surface area (Å²) >= 11 is 0. The molecule has 4 N–H and O–H groups in total. The number of imidazole rings is 1. The Kier molecular flexibility index (Phi) is 4.20. The van der Waals surface area contributed by atoms with Gasteiger partial charge in [0, 0.05) is 12.2 Å². The second-order valence-corrected chi connectivity index (χ2v) is 8.03. The molecule has 4 rings (SSSR count). The van der Waals surface area contributed by atoms with Crippen molar-refractivity contribution in [3.63, 3.8) is 0 Å². The molecule has 1 aliphatic heterocycles. The van der Waals surface area contributed by atoms with Crippen molar-refractivity contribution in [2.24, 2.45) is 5.14 Å². The molecule has 28 heavy (non-hydrogen) atoms. The molecule has 2 aromatic carbocycles. The number of anilines is 1. The summed E-state index contributed by atoms with van der Waals surface area (Å²) < 4.78 is 24.8. The Morgan fingerprint density at radius 2 is 1.86 bits per heavy atom. The fraction of sp³-hybridized carbons (Fsp3) is 0.158. The molecule has 0 spiro atoms. The lowest BCUT2D eigenvalue weighted by Crippen LogP contribution is -2.26. The smallest absolute Gasteiger partial charge is 0.238 e. The quantitative estimate of drug-likeness (QED) is 0.624. The van der Waals surface area contributed by atoms with Crippen LogP contribution in [0.15, 0.2) is 59.2 Å². The van der Waals surface area contributed by atoms with Gasteiger partial charge in [-0.3, -0.25) is 5.41 Å². The van der Waals surface area contributed by atoms with E-state index >= 15 is 0 Å². The number of amidine groups is 1.